The maximum absolute atomic E-state index is 11.9. The third kappa shape index (κ3) is 8.48. The van der Waals surface area contributed by atoms with Crippen molar-refractivity contribution < 1.29 is 19.1 Å². The van der Waals surface area contributed by atoms with Gasteiger partial charge in [-0.15, -0.1) is 0 Å². The molecule has 0 bridgehead atoms. The zero-order valence-corrected chi connectivity index (χ0v) is 19.0. The molecule has 3 aromatic rings. The van der Waals surface area contributed by atoms with E-state index in [1.807, 2.05) is 30.3 Å². The molecule has 0 aromatic heterocycles. The average molecular weight is 486 g/mol. The van der Waals surface area contributed by atoms with Crippen molar-refractivity contribution >= 4 is 41.2 Å². The minimum Gasteiger partial charge on any atom is -0.484 e. The Morgan fingerprint density at radius 3 is 2.33 bits per heavy atom. The summed E-state index contributed by atoms with van der Waals surface area (Å²) in [6.07, 6.45) is 1.48. The third-order valence-electron chi connectivity index (χ3n) is 4.24. The van der Waals surface area contributed by atoms with Crippen molar-refractivity contribution in [3.05, 3.63) is 94.0 Å². The van der Waals surface area contributed by atoms with E-state index in [0.717, 1.165) is 11.1 Å². The topological polar surface area (TPSA) is 89.0 Å². The molecule has 0 aliphatic heterocycles. The minimum atomic E-state index is -0.446. The predicted octanol–water partition coefficient (Wildman–Crippen LogP) is 4.22. The largest absolute Gasteiger partial charge is 0.484 e. The number of nitrogens with one attached hydrogen (secondary N) is 2. The zero-order chi connectivity index (χ0) is 23.5. The van der Waals surface area contributed by atoms with Gasteiger partial charge in [0, 0.05) is 11.6 Å². The second-order valence-electron chi connectivity index (χ2n) is 6.78. The monoisotopic (exact) mass is 485 g/mol. The van der Waals surface area contributed by atoms with E-state index in [1.165, 1.54) is 12.3 Å². The van der Waals surface area contributed by atoms with E-state index in [1.54, 1.807) is 36.4 Å². The number of rotatable bonds is 10. The van der Waals surface area contributed by atoms with E-state index in [-0.39, 0.29) is 19.1 Å². The molecule has 3 rings (SSSR count). The molecular formula is C24H21Cl2N3O4. The van der Waals surface area contributed by atoms with Crippen LogP contribution in [0.25, 0.3) is 0 Å². The Morgan fingerprint density at radius 2 is 1.61 bits per heavy atom. The maximum atomic E-state index is 11.9. The van der Waals surface area contributed by atoms with Crippen LogP contribution in [0.1, 0.15) is 11.1 Å². The van der Waals surface area contributed by atoms with Crippen molar-refractivity contribution in [3.8, 4) is 11.5 Å². The Kier molecular flexibility index (Phi) is 9.11. The van der Waals surface area contributed by atoms with E-state index in [4.69, 9.17) is 32.7 Å². The average Bonchev–Trinajstić information content (AvgIpc) is 2.82. The highest BCUT2D eigenvalue weighted by Gasteiger charge is 2.06. The lowest BCUT2D eigenvalue weighted by molar-refractivity contribution is -0.123. The molecule has 0 saturated carbocycles. The van der Waals surface area contributed by atoms with Gasteiger partial charge in [0.1, 0.15) is 11.5 Å². The van der Waals surface area contributed by atoms with Gasteiger partial charge in [0.05, 0.1) is 11.2 Å². The summed E-state index contributed by atoms with van der Waals surface area (Å²) in [6.45, 7) is 0.105. The van der Waals surface area contributed by atoms with Gasteiger partial charge in [-0.25, -0.2) is 5.43 Å². The van der Waals surface area contributed by atoms with Crippen molar-refractivity contribution in [2.75, 3.05) is 13.2 Å². The molecule has 9 heteroatoms. The van der Waals surface area contributed by atoms with Crippen LogP contribution >= 0.6 is 23.2 Å². The fourth-order valence-corrected chi connectivity index (χ4v) is 3.06. The number of nitrogens with zero attached hydrogens (tertiary/aromatic N) is 1. The molecule has 3 aromatic carbocycles. The van der Waals surface area contributed by atoms with Crippen LogP contribution in [-0.2, 0) is 16.1 Å². The molecule has 33 heavy (non-hydrogen) atoms. The molecule has 7 nitrogen and oxygen atoms in total. The lowest BCUT2D eigenvalue weighted by Crippen LogP contribution is -2.28. The van der Waals surface area contributed by atoms with Crippen LogP contribution in [-0.4, -0.2) is 31.2 Å². The van der Waals surface area contributed by atoms with E-state index in [2.05, 4.69) is 15.8 Å². The number of hydrazone groups is 1. The predicted molar refractivity (Wildman–Crippen MR) is 128 cm³/mol. The summed E-state index contributed by atoms with van der Waals surface area (Å²) in [5, 5.41) is 7.47. The first-order chi connectivity index (χ1) is 16.0. The molecule has 0 atom stereocenters. The number of hydrogen-bond acceptors (Lipinski definition) is 5. The minimum absolute atomic E-state index is 0.0893. The molecule has 0 spiro atoms. The molecule has 0 heterocycles. The summed E-state index contributed by atoms with van der Waals surface area (Å²) in [6, 6.07) is 21.3. The van der Waals surface area contributed by atoms with Crippen LogP contribution in [0.15, 0.2) is 77.9 Å². The first-order valence-electron chi connectivity index (χ1n) is 9.93. The fourth-order valence-electron chi connectivity index (χ4n) is 2.59. The van der Waals surface area contributed by atoms with Crippen molar-refractivity contribution in [1.29, 1.82) is 0 Å². The fraction of sp³-hybridized carbons (Fsp3) is 0.125. The van der Waals surface area contributed by atoms with Crippen LogP contribution in [0.2, 0.25) is 10.0 Å². The van der Waals surface area contributed by atoms with Gasteiger partial charge in [0.25, 0.3) is 11.8 Å². The summed E-state index contributed by atoms with van der Waals surface area (Å²) in [5.74, 6) is 0.233. The van der Waals surface area contributed by atoms with E-state index in [0.29, 0.717) is 28.1 Å². The third-order valence-corrected chi connectivity index (χ3v) is 4.77. The summed E-state index contributed by atoms with van der Waals surface area (Å²) >= 11 is 11.8. The smallest absolute Gasteiger partial charge is 0.277 e. The van der Waals surface area contributed by atoms with Gasteiger partial charge in [0.2, 0.25) is 0 Å². The molecule has 0 unspecified atom stereocenters. The van der Waals surface area contributed by atoms with Crippen LogP contribution in [0.5, 0.6) is 11.5 Å². The van der Waals surface area contributed by atoms with Gasteiger partial charge in [-0.3, -0.25) is 9.59 Å². The molecular weight excluding hydrogens is 465 g/mol. The second-order valence-corrected chi connectivity index (χ2v) is 7.62. The van der Waals surface area contributed by atoms with Gasteiger partial charge < -0.3 is 14.8 Å². The molecule has 0 aliphatic rings. The molecule has 0 aliphatic carbocycles. The van der Waals surface area contributed by atoms with E-state index >= 15 is 0 Å². The summed E-state index contributed by atoms with van der Waals surface area (Å²) < 4.78 is 10.8. The number of hydrogen-bond donors (Lipinski definition) is 2. The first-order valence-corrected chi connectivity index (χ1v) is 10.7. The van der Waals surface area contributed by atoms with Crippen molar-refractivity contribution in [2.45, 2.75) is 6.54 Å². The van der Waals surface area contributed by atoms with Crippen LogP contribution in [0.3, 0.4) is 0 Å². The van der Waals surface area contributed by atoms with E-state index < -0.39 is 5.91 Å². The molecule has 170 valence electrons. The summed E-state index contributed by atoms with van der Waals surface area (Å²) in [5.41, 5.74) is 4.12. The standard InChI is InChI=1S/C24H21Cl2N3O4/c25-19-8-11-22(21(26)12-19)33-16-24(31)29-28-14-18-6-9-20(10-7-18)32-15-23(30)27-13-17-4-2-1-3-5-17/h1-12,14H,13,15-16H2,(H,27,30)(H,29,31)/b28-14-. The lowest BCUT2D eigenvalue weighted by Gasteiger charge is -2.08. The van der Waals surface area contributed by atoms with Crippen LogP contribution < -0.4 is 20.2 Å². The molecule has 2 amide bonds. The van der Waals surface area contributed by atoms with Gasteiger partial charge in [-0.1, -0.05) is 53.5 Å². The SMILES string of the molecule is O=C(COc1ccc(/C=N\NC(=O)COc2ccc(Cl)cc2Cl)cc1)NCc1ccccc1. The number of carbonyl (C=O) groups is 2. The molecule has 0 fully saturated rings. The molecule has 0 saturated heterocycles. The Hall–Kier alpha value is -3.55. The van der Waals surface area contributed by atoms with Gasteiger partial charge >= 0.3 is 0 Å². The number of halogens is 2. The van der Waals surface area contributed by atoms with Gasteiger partial charge in [-0.05, 0) is 53.6 Å². The van der Waals surface area contributed by atoms with Gasteiger partial charge in [0.15, 0.2) is 13.2 Å². The Labute approximate surface area is 201 Å². The Bertz CT molecular complexity index is 1110. The Morgan fingerprint density at radius 1 is 0.879 bits per heavy atom. The van der Waals surface area contributed by atoms with Crippen molar-refractivity contribution in [2.24, 2.45) is 5.10 Å². The zero-order valence-electron chi connectivity index (χ0n) is 17.5. The quantitative estimate of drug-likeness (QED) is 0.332. The van der Waals surface area contributed by atoms with E-state index in [9.17, 15) is 9.59 Å². The van der Waals surface area contributed by atoms with Crippen LogP contribution in [0, 0.1) is 0 Å². The van der Waals surface area contributed by atoms with Crippen LogP contribution in [0.4, 0.5) is 0 Å². The highest BCUT2D eigenvalue weighted by molar-refractivity contribution is 6.35. The lowest BCUT2D eigenvalue weighted by atomic mass is 10.2. The van der Waals surface area contributed by atoms with Crippen molar-refractivity contribution in [1.82, 2.24) is 10.7 Å². The number of ether oxygens (including phenoxy) is 2. The molecule has 0 radical (unpaired) electrons. The number of amides is 2. The van der Waals surface area contributed by atoms with Crippen molar-refractivity contribution in [3.63, 3.8) is 0 Å². The molecule has 2 N–H and O–H groups in total. The number of carbonyl (C=O) groups excluding carboxylic acids is 2. The highest BCUT2D eigenvalue weighted by Crippen LogP contribution is 2.27. The number of benzene rings is 3. The maximum Gasteiger partial charge on any atom is 0.277 e. The highest BCUT2D eigenvalue weighted by atomic mass is 35.5. The summed E-state index contributed by atoms with van der Waals surface area (Å²) in [4.78, 5) is 23.8. The Balaban J connectivity index is 1.36. The first kappa shape index (κ1) is 24.1. The normalized spacial score (nSPS) is 10.6. The van der Waals surface area contributed by atoms with Gasteiger partial charge in [-0.2, -0.15) is 5.10 Å². The summed E-state index contributed by atoms with van der Waals surface area (Å²) in [7, 11) is 0. The second kappa shape index (κ2) is 12.5.